The van der Waals surface area contributed by atoms with Gasteiger partial charge in [0.15, 0.2) is 15.6 Å². The maximum Gasteiger partial charge on any atom is 0.220 e. The van der Waals surface area contributed by atoms with Crippen LogP contribution in [-0.2, 0) is 19.4 Å². The molecule has 6 heteroatoms. The number of rotatable bonds is 8. The number of carbonyl (C=O) groups is 2. The molecule has 0 unspecified atom stereocenters. The second-order valence-electron chi connectivity index (χ2n) is 4.27. The van der Waals surface area contributed by atoms with Crippen LogP contribution >= 0.6 is 0 Å². The van der Waals surface area contributed by atoms with Gasteiger partial charge >= 0.3 is 0 Å². The molecule has 0 aromatic carbocycles. The van der Waals surface area contributed by atoms with Gasteiger partial charge in [0.25, 0.3) is 0 Å². The Kier molecular flexibility index (Phi) is 7.50. The van der Waals surface area contributed by atoms with Crippen molar-refractivity contribution in [2.45, 2.75) is 33.6 Å². The van der Waals surface area contributed by atoms with E-state index in [1.165, 1.54) is 6.08 Å². The zero-order valence-corrected chi connectivity index (χ0v) is 12.0. The molecule has 0 radical (unpaired) electrons. The van der Waals surface area contributed by atoms with Gasteiger partial charge in [-0.1, -0.05) is 12.5 Å². The molecule has 0 saturated heterocycles. The highest BCUT2D eigenvalue weighted by Crippen LogP contribution is 1.97. The van der Waals surface area contributed by atoms with Crippen molar-refractivity contribution < 1.29 is 18.0 Å². The number of allylic oxidation sites excluding steroid dienone is 2. The maximum absolute atomic E-state index is 11.3. The van der Waals surface area contributed by atoms with Gasteiger partial charge in [-0.05, 0) is 19.9 Å². The fourth-order valence-corrected chi connectivity index (χ4v) is 1.91. The summed E-state index contributed by atoms with van der Waals surface area (Å²) in [6.07, 6.45) is 1.74. The van der Waals surface area contributed by atoms with Crippen molar-refractivity contribution in [3.8, 4) is 0 Å². The average Bonchev–Trinajstić information content (AvgIpc) is 2.25. The Morgan fingerprint density at radius 3 is 2.28 bits per heavy atom. The number of nitrogens with one attached hydrogen (secondary N) is 1. The van der Waals surface area contributed by atoms with Crippen molar-refractivity contribution in [3.05, 3.63) is 11.6 Å². The minimum atomic E-state index is -3.05. The number of ketones is 1. The first-order chi connectivity index (χ1) is 8.26. The largest absolute Gasteiger partial charge is 0.355 e. The van der Waals surface area contributed by atoms with Gasteiger partial charge in [0.2, 0.25) is 5.91 Å². The van der Waals surface area contributed by atoms with E-state index in [0.717, 1.165) is 5.57 Å². The summed E-state index contributed by atoms with van der Waals surface area (Å²) in [7, 11) is -3.05. The minimum absolute atomic E-state index is 0.0584. The molecule has 0 aromatic heterocycles. The summed E-state index contributed by atoms with van der Waals surface area (Å²) in [5.74, 6) is -0.373. The quantitative estimate of drug-likeness (QED) is 0.666. The Bertz CT molecular complexity index is 419. The van der Waals surface area contributed by atoms with Crippen molar-refractivity contribution in [3.63, 3.8) is 0 Å². The van der Waals surface area contributed by atoms with Crippen molar-refractivity contribution >= 4 is 21.5 Å². The van der Waals surface area contributed by atoms with Gasteiger partial charge in [0.1, 0.15) is 0 Å². The maximum atomic E-state index is 11.3. The van der Waals surface area contributed by atoms with Gasteiger partial charge < -0.3 is 5.32 Å². The molecule has 5 nitrogen and oxygen atoms in total. The number of carbonyl (C=O) groups excluding carboxylic acids is 2. The molecule has 0 rings (SSSR count). The van der Waals surface area contributed by atoms with E-state index in [1.54, 1.807) is 6.92 Å². The van der Waals surface area contributed by atoms with E-state index in [1.807, 2.05) is 13.8 Å². The fraction of sp³-hybridized carbons (Fsp3) is 0.667. The van der Waals surface area contributed by atoms with Crippen LogP contribution in [0.15, 0.2) is 11.6 Å². The van der Waals surface area contributed by atoms with Crippen LogP contribution in [0.4, 0.5) is 0 Å². The number of sulfone groups is 1. The highest BCUT2D eigenvalue weighted by molar-refractivity contribution is 7.91. The summed E-state index contributed by atoms with van der Waals surface area (Å²) >= 11 is 0. The minimum Gasteiger partial charge on any atom is -0.355 e. The predicted octanol–water partition coefficient (Wildman–Crippen LogP) is 0.853. The van der Waals surface area contributed by atoms with Gasteiger partial charge in [0.05, 0.1) is 5.75 Å². The smallest absolute Gasteiger partial charge is 0.220 e. The monoisotopic (exact) mass is 275 g/mol. The van der Waals surface area contributed by atoms with Crippen LogP contribution in [0.2, 0.25) is 0 Å². The van der Waals surface area contributed by atoms with E-state index in [0.29, 0.717) is 0 Å². The first-order valence-electron chi connectivity index (χ1n) is 5.91. The molecule has 0 aliphatic rings. The lowest BCUT2D eigenvalue weighted by molar-refractivity contribution is -0.123. The first-order valence-corrected chi connectivity index (χ1v) is 7.74. The number of hydrogen-bond donors (Lipinski definition) is 1. The molecule has 18 heavy (non-hydrogen) atoms. The molecule has 0 aliphatic carbocycles. The van der Waals surface area contributed by atoms with E-state index in [2.05, 4.69) is 5.32 Å². The molecule has 0 aromatic rings. The van der Waals surface area contributed by atoms with Crippen LogP contribution in [0, 0.1) is 0 Å². The standard InChI is InChI=1S/C12H21NO4S/c1-4-18(16,17)8-7-13-12(15)6-5-11(14)9-10(2)3/h9H,4-8H2,1-3H3,(H,13,15). The summed E-state index contributed by atoms with van der Waals surface area (Å²) in [5, 5.41) is 2.49. The van der Waals surface area contributed by atoms with Crippen LogP contribution in [0.1, 0.15) is 33.6 Å². The average molecular weight is 275 g/mol. The highest BCUT2D eigenvalue weighted by Gasteiger charge is 2.09. The molecule has 0 bridgehead atoms. The molecule has 1 amide bonds. The van der Waals surface area contributed by atoms with Crippen LogP contribution in [0.25, 0.3) is 0 Å². The Hall–Kier alpha value is -1.17. The number of amides is 1. The second kappa shape index (κ2) is 8.02. The number of hydrogen-bond acceptors (Lipinski definition) is 4. The van der Waals surface area contributed by atoms with Gasteiger partial charge in [-0.3, -0.25) is 9.59 Å². The summed E-state index contributed by atoms with van der Waals surface area (Å²) in [6, 6.07) is 0. The molecular weight excluding hydrogens is 254 g/mol. The van der Waals surface area contributed by atoms with Crippen molar-refractivity contribution in [1.29, 1.82) is 0 Å². The summed E-state index contributed by atoms with van der Waals surface area (Å²) < 4.78 is 22.3. The van der Waals surface area contributed by atoms with Gasteiger partial charge in [-0.15, -0.1) is 0 Å². The summed E-state index contributed by atoms with van der Waals surface area (Å²) in [6.45, 7) is 5.29. The topological polar surface area (TPSA) is 80.3 Å². The molecule has 0 atom stereocenters. The molecule has 0 saturated carbocycles. The third kappa shape index (κ3) is 8.92. The molecule has 1 N–H and O–H groups in total. The Labute approximate surface area is 109 Å². The highest BCUT2D eigenvalue weighted by atomic mass is 32.2. The Morgan fingerprint density at radius 2 is 1.78 bits per heavy atom. The second-order valence-corrected chi connectivity index (χ2v) is 6.75. The molecule has 0 fully saturated rings. The fourth-order valence-electron chi connectivity index (χ4n) is 1.21. The van der Waals surface area contributed by atoms with Crippen molar-refractivity contribution in [2.24, 2.45) is 0 Å². The third-order valence-corrected chi connectivity index (χ3v) is 3.93. The van der Waals surface area contributed by atoms with Gasteiger partial charge in [-0.25, -0.2) is 8.42 Å². The van der Waals surface area contributed by atoms with Crippen LogP contribution in [0.5, 0.6) is 0 Å². The van der Waals surface area contributed by atoms with Gasteiger partial charge in [0, 0.05) is 25.1 Å². The van der Waals surface area contributed by atoms with Crippen LogP contribution in [-0.4, -0.2) is 38.2 Å². The lowest BCUT2D eigenvalue weighted by Gasteiger charge is -2.04. The van der Waals surface area contributed by atoms with Crippen molar-refractivity contribution in [1.82, 2.24) is 5.32 Å². The van der Waals surface area contributed by atoms with Gasteiger partial charge in [-0.2, -0.15) is 0 Å². The van der Waals surface area contributed by atoms with E-state index in [-0.39, 0.29) is 42.6 Å². The Balaban J connectivity index is 3.87. The van der Waals surface area contributed by atoms with E-state index in [9.17, 15) is 18.0 Å². The van der Waals surface area contributed by atoms with E-state index >= 15 is 0 Å². The normalized spacial score (nSPS) is 10.8. The lowest BCUT2D eigenvalue weighted by Crippen LogP contribution is -2.29. The first kappa shape index (κ1) is 16.8. The molecule has 0 heterocycles. The Morgan fingerprint density at radius 1 is 1.17 bits per heavy atom. The summed E-state index contributed by atoms with van der Waals surface area (Å²) in [5.41, 5.74) is 0.898. The third-order valence-electron chi connectivity index (χ3n) is 2.22. The van der Waals surface area contributed by atoms with E-state index in [4.69, 9.17) is 0 Å². The molecule has 0 spiro atoms. The summed E-state index contributed by atoms with van der Waals surface area (Å²) in [4.78, 5) is 22.6. The predicted molar refractivity (Wildman–Crippen MR) is 71.0 cm³/mol. The zero-order valence-electron chi connectivity index (χ0n) is 11.2. The van der Waals surface area contributed by atoms with E-state index < -0.39 is 9.84 Å². The SMILES string of the molecule is CCS(=O)(=O)CCNC(=O)CCC(=O)C=C(C)C. The van der Waals surface area contributed by atoms with Crippen LogP contribution < -0.4 is 5.32 Å². The lowest BCUT2D eigenvalue weighted by atomic mass is 10.1. The molecule has 0 aliphatic heterocycles. The van der Waals surface area contributed by atoms with Crippen molar-refractivity contribution in [2.75, 3.05) is 18.1 Å². The molecule has 104 valence electrons. The zero-order chi connectivity index (χ0) is 14.2. The van der Waals surface area contributed by atoms with Crippen LogP contribution in [0.3, 0.4) is 0 Å². The molecular formula is C12H21NO4S.